The minimum atomic E-state index is -0.101. The molecule has 7 nitrogen and oxygen atoms in total. The van der Waals surface area contributed by atoms with Gasteiger partial charge in [0.15, 0.2) is 11.3 Å². The van der Waals surface area contributed by atoms with Crippen LogP contribution in [0.15, 0.2) is 35.1 Å². The van der Waals surface area contributed by atoms with Gasteiger partial charge in [-0.3, -0.25) is 9.89 Å². The lowest BCUT2D eigenvalue weighted by atomic mass is 10.2. The van der Waals surface area contributed by atoms with Crippen LogP contribution in [0, 0.1) is 6.92 Å². The summed E-state index contributed by atoms with van der Waals surface area (Å²) in [5.41, 5.74) is 2.66. The molecule has 2 N–H and O–H groups in total. The highest BCUT2D eigenvalue weighted by molar-refractivity contribution is 5.78. The Kier molecular flexibility index (Phi) is 3.34. The first kappa shape index (κ1) is 14.0. The average molecular weight is 310 g/mol. The number of hydrogen-bond donors (Lipinski definition) is 2. The Bertz CT molecular complexity index is 892. The third-order valence-electron chi connectivity index (χ3n) is 4.15. The Morgan fingerprint density at radius 3 is 2.61 bits per heavy atom. The minimum Gasteiger partial charge on any atom is -0.313 e. The van der Waals surface area contributed by atoms with Gasteiger partial charge in [-0.15, -0.1) is 0 Å². The fourth-order valence-electron chi connectivity index (χ4n) is 2.96. The van der Waals surface area contributed by atoms with Crippen LogP contribution in [-0.2, 0) is 0 Å². The lowest BCUT2D eigenvalue weighted by Gasteiger charge is -2.32. The number of fused-ring (bicyclic) bond motifs is 1. The van der Waals surface area contributed by atoms with Gasteiger partial charge in [0.25, 0.3) is 5.56 Å². The summed E-state index contributed by atoms with van der Waals surface area (Å²) in [5.74, 6) is 0.662. The fraction of sp³-hybridized carbons (Fsp3) is 0.312. The van der Waals surface area contributed by atoms with Crippen LogP contribution in [0.5, 0.6) is 0 Å². The largest absolute Gasteiger partial charge is 0.313 e. The third kappa shape index (κ3) is 2.29. The number of hydrogen-bond acceptors (Lipinski definition) is 5. The Balaban J connectivity index is 2.01. The second kappa shape index (κ2) is 5.51. The minimum absolute atomic E-state index is 0.101. The second-order valence-corrected chi connectivity index (χ2v) is 5.65. The van der Waals surface area contributed by atoms with Crippen LogP contribution in [0.25, 0.3) is 22.4 Å². The van der Waals surface area contributed by atoms with Crippen molar-refractivity contribution in [2.24, 2.45) is 0 Å². The molecule has 0 atom stereocenters. The zero-order valence-corrected chi connectivity index (χ0v) is 12.9. The van der Waals surface area contributed by atoms with E-state index in [0.717, 1.165) is 37.4 Å². The summed E-state index contributed by atoms with van der Waals surface area (Å²) in [4.78, 5) is 17.8. The number of rotatable bonds is 2. The molecule has 0 bridgehead atoms. The molecule has 0 saturated carbocycles. The molecule has 23 heavy (non-hydrogen) atoms. The van der Waals surface area contributed by atoms with Gasteiger partial charge in [-0.05, 0) is 6.92 Å². The summed E-state index contributed by atoms with van der Waals surface area (Å²) in [5, 5.41) is 12.3. The number of benzene rings is 1. The van der Waals surface area contributed by atoms with E-state index in [2.05, 4.69) is 15.5 Å². The molecule has 7 heteroatoms. The molecule has 1 aliphatic heterocycles. The standard InChI is InChI=1S/C16H18N6O/c1-11-13-14(20-19-11)16(23)22(21-9-7-17-8-10-21)15(18-13)12-5-3-2-4-6-12/h2-6,17H,7-10H2,1H3,(H,19,20). The SMILES string of the molecule is Cc1n[nH]c2c(=O)n(N3CCNCC3)c(-c3ccccc3)nc12. The first-order chi connectivity index (χ1) is 11.3. The van der Waals surface area contributed by atoms with Crippen molar-refractivity contribution in [2.75, 3.05) is 31.2 Å². The van der Waals surface area contributed by atoms with Gasteiger partial charge in [-0.1, -0.05) is 30.3 Å². The number of nitrogens with zero attached hydrogens (tertiary/aromatic N) is 4. The molecule has 1 aliphatic rings. The summed E-state index contributed by atoms with van der Waals surface area (Å²) in [6.45, 7) is 5.08. The highest BCUT2D eigenvalue weighted by Crippen LogP contribution is 2.19. The van der Waals surface area contributed by atoms with E-state index >= 15 is 0 Å². The number of piperazine rings is 1. The molecule has 0 amide bonds. The van der Waals surface area contributed by atoms with Gasteiger partial charge in [0.05, 0.1) is 5.69 Å². The van der Waals surface area contributed by atoms with Crippen molar-refractivity contribution in [3.8, 4) is 11.4 Å². The number of aromatic amines is 1. The lowest BCUT2D eigenvalue weighted by molar-refractivity contribution is 0.483. The summed E-state index contributed by atoms with van der Waals surface area (Å²) in [6.07, 6.45) is 0. The predicted octanol–water partition coefficient (Wildman–Crippen LogP) is 0.636. The van der Waals surface area contributed by atoms with Crippen molar-refractivity contribution < 1.29 is 0 Å². The molecule has 4 rings (SSSR count). The molecule has 0 radical (unpaired) electrons. The first-order valence-corrected chi connectivity index (χ1v) is 7.75. The van der Waals surface area contributed by atoms with E-state index in [1.165, 1.54) is 0 Å². The number of aromatic nitrogens is 4. The number of aryl methyl sites for hydroxylation is 1. The van der Waals surface area contributed by atoms with Crippen molar-refractivity contribution in [3.05, 3.63) is 46.4 Å². The van der Waals surface area contributed by atoms with Gasteiger partial charge in [0.1, 0.15) is 5.52 Å². The first-order valence-electron chi connectivity index (χ1n) is 7.75. The molecule has 3 aromatic rings. The zero-order valence-electron chi connectivity index (χ0n) is 12.9. The van der Waals surface area contributed by atoms with Crippen LogP contribution >= 0.6 is 0 Å². The molecular formula is C16H18N6O. The van der Waals surface area contributed by atoms with Gasteiger partial charge in [0, 0.05) is 31.7 Å². The number of H-pyrrole nitrogens is 1. The molecule has 0 aliphatic carbocycles. The maximum Gasteiger partial charge on any atom is 0.298 e. The van der Waals surface area contributed by atoms with Gasteiger partial charge in [-0.25, -0.2) is 9.66 Å². The molecule has 3 heterocycles. The van der Waals surface area contributed by atoms with E-state index in [1.54, 1.807) is 4.68 Å². The second-order valence-electron chi connectivity index (χ2n) is 5.65. The van der Waals surface area contributed by atoms with E-state index < -0.39 is 0 Å². The average Bonchev–Trinajstić information content (AvgIpc) is 2.98. The molecule has 1 fully saturated rings. The smallest absolute Gasteiger partial charge is 0.298 e. The lowest BCUT2D eigenvalue weighted by Crippen LogP contribution is -2.53. The third-order valence-corrected chi connectivity index (χ3v) is 4.15. The predicted molar refractivity (Wildman–Crippen MR) is 89.1 cm³/mol. The van der Waals surface area contributed by atoms with Gasteiger partial charge in [0.2, 0.25) is 0 Å². The molecule has 2 aromatic heterocycles. The Labute approximate surface area is 132 Å². The van der Waals surface area contributed by atoms with Crippen LogP contribution in [0.4, 0.5) is 0 Å². The highest BCUT2D eigenvalue weighted by Gasteiger charge is 2.21. The molecule has 118 valence electrons. The van der Waals surface area contributed by atoms with Crippen molar-refractivity contribution in [1.82, 2.24) is 25.2 Å². The Hall–Kier alpha value is -2.67. The van der Waals surface area contributed by atoms with E-state index in [0.29, 0.717) is 16.9 Å². The summed E-state index contributed by atoms with van der Waals surface area (Å²) in [7, 11) is 0. The molecule has 0 unspecified atom stereocenters. The summed E-state index contributed by atoms with van der Waals surface area (Å²) in [6, 6.07) is 9.81. The van der Waals surface area contributed by atoms with Crippen LogP contribution in [0.3, 0.4) is 0 Å². The van der Waals surface area contributed by atoms with E-state index in [9.17, 15) is 4.79 Å². The van der Waals surface area contributed by atoms with E-state index in [4.69, 9.17) is 4.98 Å². The van der Waals surface area contributed by atoms with E-state index in [1.807, 2.05) is 42.3 Å². The maximum atomic E-state index is 13.0. The topological polar surface area (TPSA) is 78.8 Å². The summed E-state index contributed by atoms with van der Waals surface area (Å²) < 4.78 is 1.69. The maximum absolute atomic E-state index is 13.0. The summed E-state index contributed by atoms with van der Waals surface area (Å²) >= 11 is 0. The quantitative estimate of drug-likeness (QED) is 0.726. The van der Waals surface area contributed by atoms with Crippen LogP contribution in [0.2, 0.25) is 0 Å². The van der Waals surface area contributed by atoms with Crippen LogP contribution in [-0.4, -0.2) is 46.0 Å². The fourth-order valence-corrected chi connectivity index (χ4v) is 2.96. The van der Waals surface area contributed by atoms with Gasteiger partial charge < -0.3 is 10.3 Å². The number of nitrogens with one attached hydrogen (secondary N) is 2. The Morgan fingerprint density at radius 2 is 1.87 bits per heavy atom. The monoisotopic (exact) mass is 310 g/mol. The van der Waals surface area contributed by atoms with Crippen molar-refractivity contribution >= 4 is 11.0 Å². The molecular weight excluding hydrogens is 292 g/mol. The zero-order chi connectivity index (χ0) is 15.8. The van der Waals surface area contributed by atoms with Crippen molar-refractivity contribution in [3.63, 3.8) is 0 Å². The van der Waals surface area contributed by atoms with Crippen molar-refractivity contribution in [1.29, 1.82) is 0 Å². The van der Waals surface area contributed by atoms with Crippen LogP contribution in [0.1, 0.15) is 5.69 Å². The molecule has 0 spiro atoms. The Morgan fingerprint density at radius 1 is 1.13 bits per heavy atom. The van der Waals surface area contributed by atoms with Crippen molar-refractivity contribution in [2.45, 2.75) is 6.92 Å². The van der Waals surface area contributed by atoms with Crippen LogP contribution < -0.4 is 15.9 Å². The molecule has 1 aromatic carbocycles. The highest BCUT2D eigenvalue weighted by atomic mass is 16.1. The van der Waals surface area contributed by atoms with Gasteiger partial charge >= 0.3 is 0 Å². The van der Waals surface area contributed by atoms with E-state index in [-0.39, 0.29) is 5.56 Å². The molecule has 1 saturated heterocycles. The normalized spacial score (nSPS) is 15.3. The van der Waals surface area contributed by atoms with Gasteiger partial charge in [-0.2, -0.15) is 5.10 Å².